The van der Waals surface area contributed by atoms with Crippen molar-refractivity contribution in [3.8, 4) is 5.75 Å². The molecule has 2 N–H and O–H groups in total. The molecule has 0 spiro atoms. The van der Waals surface area contributed by atoms with Crippen molar-refractivity contribution in [3.63, 3.8) is 0 Å². The predicted molar refractivity (Wildman–Crippen MR) is 88.2 cm³/mol. The molecule has 3 nitrogen and oxygen atoms in total. The maximum Gasteiger partial charge on any atom is 0.140 e. The summed E-state index contributed by atoms with van der Waals surface area (Å²) in [6.45, 7) is 1.02. The first-order valence-corrected chi connectivity index (χ1v) is 7.91. The minimum Gasteiger partial charge on any atom is -0.486 e. The van der Waals surface area contributed by atoms with E-state index in [1.165, 1.54) is 4.70 Å². The van der Waals surface area contributed by atoms with Crippen LogP contribution in [0.3, 0.4) is 0 Å². The van der Waals surface area contributed by atoms with Gasteiger partial charge in [0.1, 0.15) is 17.4 Å². The summed E-state index contributed by atoms with van der Waals surface area (Å²) in [5, 5.41) is 1.66. The van der Waals surface area contributed by atoms with E-state index in [1.54, 1.807) is 11.3 Å². The maximum absolute atomic E-state index is 6.02. The van der Waals surface area contributed by atoms with Crippen molar-refractivity contribution in [3.05, 3.63) is 58.1 Å². The molecular formula is C16H15ClN2OS. The van der Waals surface area contributed by atoms with Crippen molar-refractivity contribution >= 4 is 33.2 Å². The smallest absolute Gasteiger partial charge is 0.140 e. The summed E-state index contributed by atoms with van der Waals surface area (Å²) in [4.78, 5) is 4.56. The van der Waals surface area contributed by atoms with Crippen molar-refractivity contribution in [1.82, 2.24) is 4.98 Å². The van der Waals surface area contributed by atoms with Gasteiger partial charge in [0, 0.05) is 5.02 Å². The lowest BCUT2D eigenvalue weighted by Crippen LogP contribution is -2.05. The third-order valence-electron chi connectivity index (χ3n) is 3.13. The van der Waals surface area contributed by atoms with Crippen LogP contribution in [0.2, 0.25) is 5.02 Å². The Morgan fingerprint density at radius 2 is 2.05 bits per heavy atom. The van der Waals surface area contributed by atoms with Gasteiger partial charge in [0.15, 0.2) is 0 Å². The zero-order chi connectivity index (χ0) is 14.7. The van der Waals surface area contributed by atoms with Crippen molar-refractivity contribution in [1.29, 1.82) is 0 Å². The number of benzene rings is 2. The largest absolute Gasteiger partial charge is 0.486 e. The number of nitrogens with zero attached hydrogens (tertiary/aromatic N) is 1. The minimum absolute atomic E-state index is 0.457. The fourth-order valence-electron chi connectivity index (χ4n) is 2.16. The summed E-state index contributed by atoms with van der Waals surface area (Å²) in [7, 11) is 0. The van der Waals surface area contributed by atoms with Gasteiger partial charge in [0.05, 0.1) is 10.2 Å². The summed E-state index contributed by atoms with van der Waals surface area (Å²) in [6, 6.07) is 13.7. The lowest BCUT2D eigenvalue weighted by molar-refractivity contribution is 0.302. The van der Waals surface area contributed by atoms with Crippen molar-refractivity contribution in [2.24, 2.45) is 5.73 Å². The van der Waals surface area contributed by atoms with Crippen molar-refractivity contribution < 1.29 is 4.74 Å². The molecule has 0 atom stereocenters. The van der Waals surface area contributed by atoms with Crippen LogP contribution in [0.4, 0.5) is 0 Å². The Morgan fingerprint density at radius 1 is 1.19 bits per heavy atom. The van der Waals surface area contributed by atoms with Crippen LogP contribution in [0.5, 0.6) is 5.75 Å². The Morgan fingerprint density at radius 3 is 2.86 bits per heavy atom. The summed E-state index contributed by atoms with van der Waals surface area (Å²) in [6.07, 6.45) is 0.746. The lowest BCUT2D eigenvalue weighted by atomic mass is 10.1. The molecule has 0 amide bonds. The summed E-state index contributed by atoms with van der Waals surface area (Å²) in [5.41, 5.74) is 7.68. The van der Waals surface area contributed by atoms with Gasteiger partial charge in [-0.15, -0.1) is 11.3 Å². The first-order valence-electron chi connectivity index (χ1n) is 6.72. The second kappa shape index (κ2) is 6.43. The molecule has 5 heteroatoms. The quantitative estimate of drug-likeness (QED) is 0.772. The van der Waals surface area contributed by atoms with Crippen LogP contribution in [0.25, 0.3) is 10.2 Å². The molecular weight excluding hydrogens is 304 g/mol. The topological polar surface area (TPSA) is 48.1 Å². The molecule has 0 aliphatic carbocycles. The van der Waals surface area contributed by atoms with Crippen LogP contribution in [-0.2, 0) is 13.0 Å². The minimum atomic E-state index is 0.457. The highest BCUT2D eigenvalue weighted by Gasteiger charge is 2.07. The number of halogens is 1. The molecule has 108 valence electrons. The molecule has 0 aliphatic rings. The number of hydrogen-bond donors (Lipinski definition) is 1. The molecule has 0 saturated carbocycles. The first-order chi connectivity index (χ1) is 10.3. The van der Waals surface area contributed by atoms with Crippen LogP contribution in [0, 0.1) is 0 Å². The van der Waals surface area contributed by atoms with E-state index in [-0.39, 0.29) is 0 Å². The van der Waals surface area contributed by atoms with Gasteiger partial charge in [-0.1, -0.05) is 23.7 Å². The van der Waals surface area contributed by atoms with Crippen LogP contribution >= 0.6 is 22.9 Å². The van der Waals surface area contributed by atoms with Gasteiger partial charge in [0.2, 0.25) is 0 Å². The molecule has 2 aromatic carbocycles. The van der Waals surface area contributed by atoms with Gasteiger partial charge in [-0.2, -0.15) is 0 Å². The Kier molecular flexibility index (Phi) is 4.39. The van der Waals surface area contributed by atoms with Crippen LogP contribution in [-0.4, -0.2) is 11.5 Å². The summed E-state index contributed by atoms with van der Waals surface area (Å²) >= 11 is 7.67. The molecule has 1 aromatic heterocycles. The Bertz CT molecular complexity index is 724. The van der Waals surface area contributed by atoms with E-state index in [4.69, 9.17) is 22.1 Å². The average molecular weight is 319 g/mol. The Balaban J connectivity index is 1.77. The normalized spacial score (nSPS) is 11.0. The van der Waals surface area contributed by atoms with E-state index in [0.29, 0.717) is 18.2 Å². The van der Waals surface area contributed by atoms with Crippen molar-refractivity contribution in [2.45, 2.75) is 13.0 Å². The van der Waals surface area contributed by atoms with E-state index in [1.807, 2.05) is 36.4 Å². The van der Waals surface area contributed by atoms with E-state index in [0.717, 1.165) is 28.3 Å². The third-order valence-corrected chi connectivity index (χ3v) is 4.37. The van der Waals surface area contributed by atoms with E-state index < -0.39 is 0 Å². The van der Waals surface area contributed by atoms with Gasteiger partial charge < -0.3 is 10.5 Å². The molecule has 0 radical (unpaired) electrons. The lowest BCUT2D eigenvalue weighted by Gasteiger charge is -2.10. The number of thiazole rings is 1. The zero-order valence-corrected chi connectivity index (χ0v) is 13.0. The fraction of sp³-hybridized carbons (Fsp3) is 0.188. The summed E-state index contributed by atoms with van der Waals surface area (Å²) < 4.78 is 7.07. The van der Waals surface area contributed by atoms with Crippen molar-refractivity contribution in [2.75, 3.05) is 6.54 Å². The van der Waals surface area contributed by atoms with E-state index in [9.17, 15) is 0 Å². The number of para-hydroxylation sites is 1. The highest BCUT2D eigenvalue weighted by molar-refractivity contribution is 7.18. The molecule has 0 unspecified atom stereocenters. The highest BCUT2D eigenvalue weighted by atomic mass is 35.5. The zero-order valence-electron chi connectivity index (χ0n) is 11.4. The highest BCUT2D eigenvalue weighted by Crippen LogP contribution is 2.26. The van der Waals surface area contributed by atoms with Gasteiger partial charge in [-0.3, -0.25) is 0 Å². The number of ether oxygens (including phenoxy) is 1. The SMILES string of the molecule is NCCc1cc(Cl)ccc1OCc1nc2ccccc2s1. The first kappa shape index (κ1) is 14.3. The predicted octanol–water partition coefficient (Wildman–Crippen LogP) is 4.03. The van der Waals surface area contributed by atoms with Gasteiger partial charge >= 0.3 is 0 Å². The van der Waals surface area contributed by atoms with Crippen LogP contribution in [0.1, 0.15) is 10.6 Å². The summed E-state index contributed by atoms with van der Waals surface area (Å²) in [5.74, 6) is 0.823. The Hall–Kier alpha value is -1.62. The van der Waals surface area contributed by atoms with Crippen LogP contribution in [0.15, 0.2) is 42.5 Å². The molecule has 0 fully saturated rings. The number of rotatable bonds is 5. The fourth-order valence-corrected chi connectivity index (χ4v) is 3.24. The van der Waals surface area contributed by atoms with E-state index >= 15 is 0 Å². The van der Waals surface area contributed by atoms with E-state index in [2.05, 4.69) is 11.1 Å². The average Bonchev–Trinajstić information content (AvgIpc) is 2.89. The van der Waals surface area contributed by atoms with Gasteiger partial charge in [-0.25, -0.2) is 4.98 Å². The molecule has 1 heterocycles. The molecule has 0 saturated heterocycles. The maximum atomic E-state index is 6.02. The number of hydrogen-bond acceptors (Lipinski definition) is 4. The van der Waals surface area contributed by atoms with Gasteiger partial charge in [-0.05, 0) is 48.9 Å². The number of aromatic nitrogens is 1. The second-order valence-electron chi connectivity index (χ2n) is 4.65. The van der Waals surface area contributed by atoms with Gasteiger partial charge in [0.25, 0.3) is 0 Å². The second-order valence-corrected chi connectivity index (χ2v) is 6.21. The number of nitrogens with two attached hydrogens (primary N) is 1. The monoisotopic (exact) mass is 318 g/mol. The molecule has 3 aromatic rings. The molecule has 21 heavy (non-hydrogen) atoms. The molecule has 3 rings (SSSR count). The Labute approximate surface area is 132 Å². The standard InChI is InChI=1S/C16H15ClN2OS/c17-12-5-6-14(11(9-12)7-8-18)20-10-16-19-13-3-1-2-4-15(13)21-16/h1-6,9H,7-8,10,18H2. The molecule has 0 bridgehead atoms. The molecule has 0 aliphatic heterocycles. The third kappa shape index (κ3) is 3.35. The van der Waals surface area contributed by atoms with Crippen LogP contribution < -0.4 is 10.5 Å². The number of fused-ring (bicyclic) bond motifs is 1.